The Balaban J connectivity index is 2.06. The average molecular weight is 574 g/mol. The Morgan fingerprint density at radius 3 is 1.22 bits per heavy atom. The highest BCUT2D eigenvalue weighted by Gasteiger charge is 2.32. The molecule has 1 heterocycles. The minimum absolute atomic E-state index is 0.0628. The van der Waals surface area contributed by atoms with Crippen LogP contribution in [0.2, 0.25) is 0 Å². The maximum absolute atomic E-state index is 12.4. The molecule has 1 unspecified atom stereocenters. The summed E-state index contributed by atoms with van der Waals surface area (Å²) in [6.45, 7) is 4.57. The molecule has 1 fully saturated rings. The molecule has 1 aliphatic rings. The van der Waals surface area contributed by atoms with Crippen molar-refractivity contribution in [3.63, 3.8) is 0 Å². The highest BCUT2D eigenvalue weighted by molar-refractivity contribution is 6.04. The minimum atomic E-state index is -0.198. The van der Waals surface area contributed by atoms with Crippen LogP contribution in [-0.4, -0.2) is 11.8 Å². The Labute approximate surface area is 256 Å². The third kappa shape index (κ3) is 23.1. The van der Waals surface area contributed by atoms with Gasteiger partial charge in [-0.25, -0.2) is 0 Å². The van der Waals surface area contributed by atoms with E-state index in [9.17, 15) is 9.59 Å². The van der Waals surface area contributed by atoms with Crippen molar-refractivity contribution in [1.82, 2.24) is 5.32 Å². The lowest BCUT2D eigenvalue weighted by atomic mass is 9.91. The van der Waals surface area contributed by atoms with Gasteiger partial charge in [0.1, 0.15) is 0 Å². The highest BCUT2D eigenvalue weighted by Crippen LogP contribution is 2.27. The summed E-state index contributed by atoms with van der Waals surface area (Å²) in [4.78, 5) is 24.2. The van der Waals surface area contributed by atoms with E-state index < -0.39 is 0 Å². The molecule has 0 aromatic carbocycles. The van der Waals surface area contributed by atoms with Gasteiger partial charge in [0, 0.05) is 6.42 Å². The summed E-state index contributed by atoms with van der Waals surface area (Å²) in [5.41, 5.74) is 1.24. The van der Waals surface area contributed by atoms with E-state index in [0.29, 0.717) is 6.42 Å². The molecule has 240 valence electrons. The third-order valence-electron chi connectivity index (χ3n) is 9.20. The van der Waals surface area contributed by atoms with E-state index in [2.05, 4.69) is 25.2 Å². The molecular weight excluding hydrogens is 502 g/mol. The van der Waals surface area contributed by atoms with Crippen molar-refractivity contribution in [2.24, 2.45) is 5.92 Å². The summed E-state index contributed by atoms with van der Waals surface area (Å²) in [5, 5.41) is 2.53. The van der Waals surface area contributed by atoms with E-state index >= 15 is 0 Å². The van der Waals surface area contributed by atoms with Crippen LogP contribution >= 0.6 is 0 Å². The van der Waals surface area contributed by atoms with Crippen molar-refractivity contribution < 1.29 is 9.59 Å². The van der Waals surface area contributed by atoms with E-state index in [4.69, 9.17) is 0 Å². The molecule has 3 heteroatoms. The second kappa shape index (κ2) is 29.0. The molecule has 0 aliphatic carbocycles. The summed E-state index contributed by atoms with van der Waals surface area (Å²) in [5.74, 6) is -0.355. The summed E-state index contributed by atoms with van der Waals surface area (Å²) >= 11 is 0. The van der Waals surface area contributed by atoms with Crippen molar-refractivity contribution in [2.75, 3.05) is 0 Å². The van der Waals surface area contributed by atoms with Gasteiger partial charge >= 0.3 is 0 Å². The maximum Gasteiger partial charge on any atom is 0.234 e. The van der Waals surface area contributed by atoms with E-state index in [1.54, 1.807) is 0 Å². The van der Waals surface area contributed by atoms with Crippen molar-refractivity contribution >= 4 is 11.8 Å². The predicted octanol–water partition coefficient (Wildman–Crippen LogP) is 12.3. The van der Waals surface area contributed by atoms with Crippen LogP contribution in [0.1, 0.15) is 213 Å². The second-order valence-electron chi connectivity index (χ2n) is 13.2. The van der Waals surface area contributed by atoms with Crippen molar-refractivity contribution in [3.05, 3.63) is 11.6 Å². The normalized spacial score (nSPS) is 15.7. The smallest absolute Gasteiger partial charge is 0.234 e. The molecule has 0 saturated carbocycles. The fourth-order valence-corrected chi connectivity index (χ4v) is 6.42. The fraction of sp³-hybridized carbons (Fsp3) is 0.895. The molecule has 0 aromatic heterocycles. The first-order chi connectivity index (χ1) is 20.2. The largest absolute Gasteiger partial charge is 0.296 e. The van der Waals surface area contributed by atoms with Gasteiger partial charge in [0.05, 0.1) is 5.92 Å². The van der Waals surface area contributed by atoms with Gasteiger partial charge in [-0.2, -0.15) is 0 Å². The molecule has 0 spiro atoms. The second-order valence-corrected chi connectivity index (χ2v) is 13.2. The first-order valence-corrected chi connectivity index (χ1v) is 18.7. The molecule has 1 aliphatic heterocycles. The fourth-order valence-electron chi connectivity index (χ4n) is 6.42. The van der Waals surface area contributed by atoms with Gasteiger partial charge in [-0.3, -0.25) is 14.9 Å². The molecule has 41 heavy (non-hydrogen) atoms. The zero-order chi connectivity index (χ0) is 29.6. The van der Waals surface area contributed by atoms with Crippen LogP contribution in [0.5, 0.6) is 0 Å². The van der Waals surface area contributed by atoms with Crippen LogP contribution in [0.3, 0.4) is 0 Å². The zero-order valence-corrected chi connectivity index (χ0v) is 27.9. The summed E-state index contributed by atoms with van der Waals surface area (Å²) in [7, 11) is 0. The molecule has 1 atom stereocenters. The Kier molecular flexibility index (Phi) is 26.8. The molecule has 0 bridgehead atoms. The zero-order valence-electron chi connectivity index (χ0n) is 27.9. The van der Waals surface area contributed by atoms with E-state index in [-0.39, 0.29) is 17.7 Å². The maximum atomic E-state index is 12.4. The van der Waals surface area contributed by atoms with Crippen LogP contribution in [-0.2, 0) is 9.59 Å². The number of imide groups is 1. The summed E-state index contributed by atoms with van der Waals surface area (Å²) < 4.78 is 0. The van der Waals surface area contributed by atoms with Crippen LogP contribution in [0.4, 0.5) is 0 Å². The third-order valence-corrected chi connectivity index (χ3v) is 9.20. The molecule has 1 saturated heterocycles. The number of nitrogens with one attached hydrogen (secondary N) is 1. The number of carbonyl (C=O) groups is 2. The van der Waals surface area contributed by atoms with Gasteiger partial charge < -0.3 is 0 Å². The van der Waals surface area contributed by atoms with E-state index in [0.717, 1.165) is 19.3 Å². The van der Waals surface area contributed by atoms with Gasteiger partial charge in [0.2, 0.25) is 11.8 Å². The molecule has 3 nitrogen and oxygen atoms in total. The molecular formula is C38H71NO2. The minimum Gasteiger partial charge on any atom is -0.296 e. The lowest BCUT2D eigenvalue weighted by molar-refractivity contribution is -0.125. The number of hydrogen-bond acceptors (Lipinski definition) is 2. The molecule has 1 rings (SSSR count). The average Bonchev–Trinajstić information content (AvgIpc) is 3.31. The van der Waals surface area contributed by atoms with Crippen molar-refractivity contribution in [1.29, 1.82) is 0 Å². The van der Waals surface area contributed by atoms with Gasteiger partial charge in [0.15, 0.2) is 0 Å². The summed E-state index contributed by atoms with van der Waals surface area (Å²) in [6, 6.07) is 0. The van der Waals surface area contributed by atoms with Crippen LogP contribution in [0, 0.1) is 5.92 Å². The van der Waals surface area contributed by atoms with E-state index in [1.165, 1.54) is 179 Å². The Hall–Kier alpha value is -1.12. The molecule has 0 aromatic rings. The lowest BCUT2D eigenvalue weighted by Gasteiger charge is -2.13. The van der Waals surface area contributed by atoms with Gasteiger partial charge in [-0.1, -0.05) is 192 Å². The van der Waals surface area contributed by atoms with Crippen LogP contribution < -0.4 is 5.32 Å². The quantitative estimate of drug-likeness (QED) is 0.0509. The van der Waals surface area contributed by atoms with Crippen LogP contribution in [0.15, 0.2) is 11.6 Å². The Morgan fingerprint density at radius 2 is 0.878 bits per heavy atom. The lowest BCUT2D eigenvalue weighted by Crippen LogP contribution is -2.22. The van der Waals surface area contributed by atoms with Crippen LogP contribution in [0.25, 0.3) is 0 Å². The summed E-state index contributed by atoms with van der Waals surface area (Å²) in [6.07, 6.45) is 43.2. The van der Waals surface area contributed by atoms with Gasteiger partial charge in [-0.05, 0) is 25.7 Å². The number of rotatable bonds is 31. The number of amides is 2. The van der Waals surface area contributed by atoms with E-state index in [1.807, 2.05) is 0 Å². The van der Waals surface area contributed by atoms with Gasteiger partial charge in [0.25, 0.3) is 0 Å². The standard InChI is InChI=1S/C38H71NO2/c1-3-5-7-9-11-13-15-17-18-19-20-21-23-25-27-29-31-33-35(36-34-37(40)39-38(36)41)32-30-28-26-24-22-16-14-12-10-8-6-4-2/h33,36H,3-32,34H2,1-2H3,(H,39,40,41). The molecule has 1 N–H and O–H groups in total. The number of unbranched alkanes of at least 4 members (excludes halogenated alkanes) is 27. The Morgan fingerprint density at radius 1 is 0.537 bits per heavy atom. The van der Waals surface area contributed by atoms with Crippen molar-refractivity contribution in [3.8, 4) is 0 Å². The van der Waals surface area contributed by atoms with Gasteiger partial charge in [-0.15, -0.1) is 0 Å². The first-order valence-electron chi connectivity index (χ1n) is 18.7. The molecule has 0 radical (unpaired) electrons. The number of hydrogen-bond donors (Lipinski definition) is 1. The highest BCUT2D eigenvalue weighted by atomic mass is 16.2. The predicted molar refractivity (Wildman–Crippen MR) is 179 cm³/mol. The SMILES string of the molecule is CCCCCCCCCCCCCCCCCCC=C(CCCCCCCCCCCCCC)C1CC(=O)NC1=O. The van der Waals surface area contributed by atoms with Crippen molar-refractivity contribution in [2.45, 2.75) is 213 Å². The molecule has 2 amide bonds. The monoisotopic (exact) mass is 574 g/mol. The number of allylic oxidation sites excluding steroid dienone is 1. The Bertz CT molecular complexity index is 640. The number of carbonyl (C=O) groups excluding carboxylic acids is 2. The first kappa shape index (κ1) is 37.9. The topological polar surface area (TPSA) is 46.2 Å².